The van der Waals surface area contributed by atoms with E-state index in [4.69, 9.17) is 0 Å². The van der Waals surface area contributed by atoms with E-state index < -0.39 is 16.1 Å². The summed E-state index contributed by atoms with van der Waals surface area (Å²) in [6.45, 7) is 3.54. The van der Waals surface area contributed by atoms with Crippen molar-refractivity contribution >= 4 is 49.9 Å². The summed E-state index contributed by atoms with van der Waals surface area (Å²) in [5.41, 5.74) is 1.76. The van der Waals surface area contributed by atoms with Crippen LogP contribution in [-0.2, 0) is 26.2 Å². The topological polar surface area (TPSA) is 126 Å². The zero-order chi connectivity index (χ0) is 29.0. The lowest BCUT2D eigenvalue weighted by molar-refractivity contribution is -0.127. The van der Waals surface area contributed by atoms with Crippen LogP contribution in [0.5, 0.6) is 0 Å². The van der Waals surface area contributed by atoms with Crippen molar-refractivity contribution in [3.63, 3.8) is 0 Å². The maximum Gasteiger partial charge on any atom is 0.249 e. The van der Waals surface area contributed by atoms with Gasteiger partial charge in [-0.25, -0.2) is 17.8 Å². The fourth-order valence-electron chi connectivity index (χ4n) is 5.05. The number of rotatable bonds is 11. The highest BCUT2D eigenvalue weighted by Gasteiger charge is 2.35. The number of hydrogen-bond acceptors (Lipinski definition) is 7. The molecule has 4 aromatic rings. The summed E-state index contributed by atoms with van der Waals surface area (Å²) < 4.78 is 30.0. The van der Waals surface area contributed by atoms with Gasteiger partial charge in [0.1, 0.15) is 18.1 Å². The number of carbonyl (C=O) groups is 2. The van der Waals surface area contributed by atoms with Crippen molar-refractivity contribution in [2.24, 2.45) is 0 Å². The highest BCUT2D eigenvalue weighted by molar-refractivity contribution is 7.89. The van der Waals surface area contributed by atoms with Gasteiger partial charge in [-0.15, -0.1) is 16.4 Å². The molecular formula is C29H34N6O4S2. The Morgan fingerprint density at radius 2 is 1.80 bits per heavy atom. The summed E-state index contributed by atoms with van der Waals surface area (Å²) in [7, 11) is -3.75. The number of para-hydroxylation sites is 1. The maximum atomic E-state index is 14.1. The first-order chi connectivity index (χ1) is 19.8. The molecule has 5 rings (SSSR count). The van der Waals surface area contributed by atoms with Crippen molar-refractivity contribution in [3.8, 4) is 0 Å². The second-order valence-corrected chi connectivity index (χ2v) is 13.0. The molecule has 2 aromatic carbocycles. The van der Waals surface area contributed by atoms with Gasteiger partial charge in [-0.3, -0.25) is 14.5 Å². The lowest BCUT2D eigenvalue weighted by atomic mass is 10.1. The number of thiophene rings is 1. The summed E-state index contributed by atoms with van der Waals surface area (Å²) in [4.78, 5) is 30.2. The molecule has 1 fully saturated rings. The summed E-state index contributed by atoms with van der Waals surface area (Å²) in [5, 5.41) is 13.4. The molecule has 2 N–H and O–H groups in total. The minimum absolute atomic E-state index is 0.0559. The normalized spacial score (nSPS) is 15.6. The van der Waals surface area contributed by atoms with E-state index in [0.29, 0.717) is 28.0 Å². The number of amides is 2. The lowest BCUT2D eigenvalue weighted by Crippen LogP contribution is -2.47. The van der Waals surface area contributed by atoms with Crippen molar-refractivity contribution in [1.29, 1.82) is 0 Å². The number of aromatic nitrogens is 3. The molecule has 216 valence electrons. The van der Waals surface area contributed by atoms with Crippen LogP contribution in [0.1, 0.15) is 56.9 Å². The Labute approximate surface area is 243 Å². The fraction of sp³-hybridized carbons (Fsp3) is 0.379. The summed E-state index contributed by atoms with van der Waals surface area (Å²) in [6.07, 6.45) is 4.55. The van der Waals surface area contributed by atoms with Gasteiger partial charge >= 0.3 is 0 Å². The second-order valence-electron chi connectivity index (χ2n) is 10.3. The van der Waals surface area contributed by atoms with Gasteiger partial charge in [0.2, 0.25) is 21.8 Å². The van der Waals surface area contributed by atoms with Crippen LogP contribution in [0, 0.1) is 0 Å². The Morgan fingerprint density at radius 3 is 2.49 bits per heavy atom. The van der Waals surface area contributed by atoms with Crippen LogP contribution in [0.15, 0.2) is 70.9 Å². The molecule has 0 aliphatic heterocycles. The van der Waals surface area contributed by atoms with Crippen LogP contribution < -0.4 is 14.9 Å². The van der Waals surface area contributed by atoms with Crippen molar-refractivity contribution in [2.75, 3.05) is 4.90 Å². The number of fused-ring (bicyclic) bond motifs is 1. The number of nitrogens with one attached hydrogen (secondary N) is 2. The largest absolute Gasteiger partial charge is 0.351 e. The lowest BCUT2D eigenvalue weighted by Gasteiger charge is -2.31. The molecular weight excluding hydrogens is 560 g/mol. The SMILES string of the molecule is CC[C@@H](C)NS(=O)(=O)c1ccc(N(C(=O)Cn2nnc3ccccc32)[C@@H](C(=O)NC2CCCC2)c2cccs2)cc1. The highest BCUT2D eigenvalue weighted by atomic mass is 32.2. The van der Waals surface area contributed by atoms with Gasteiger partial charge < -0.3 is 5.32 Å². The predicted octanol–water partition coefficient (Wildman–Crippen LogP) is 4.40. The van der Waals surface area contributed by atoms with E-state index in [2.05, 4.69) is 20.4 Å². The minimum atomic E-state index is -3.75. The van der Waals surface area contributed by atoms with Crippen molar-refractivity contribution in [3.05, 3.63) is 70.9 Å². The van der Waals surface area contributed by atoms with E-state index in [-0.39, 0.29) is 35.3 Å². The van der Waals surface area contributed by atoms with E-state index in [1.807, 2.05) is 48.7 Å². The van der Waals surface area contributed by atoms with E-state index in [1.165, 1.54) is 33.1 Å². The third-order valence-electron chi connectivity index (χ3n) is 7.39. The number of anilines is 1. The predicted molar refractivity (Wildman–Crippen MR) is 159 cm³/mol. The van der Waals surface area contributed by atoms with Crippen molar-refractivity contribution in [2.45, 2.75) is 75.5 Å². The zero-order valence-corrected chi connectivity index (χ0v) is 24.7. The average molecular weight is 595 g/mol. The van der Waals surface area contributed by atoms with E-state index >= 15 is 0 Å². The molecule has 10 nitrogen and oxygen atoms in total. The molecule has 2 heterocycles. The molecule has 0 unspecified atom stereocenters. The van der Waals surface area contributed by atoms with Crippen LogP contribution in [0.2, 0.25) is 0 Å². The van der Waals surface area contributed by atoms with Gasteiger partial charge in [0.05, 0.1) is 10.4 Å². The Hall–Kier alpha value is -3.61. The first-order valence-electron chi connectivity index (χ1n) is 13.8. The van der Waals surface area contributed by atoms with Crippen molar-refractivity contribution < 1.29 is 18.0 Å². The molecule has 2 atom stereocenters. The smallest absolute Gasteiger partial charge is 0.249 e. The van der Waals surface area contributed by atoms with Crippen LogP contribution in [-0.4, -0.2) is 47.3 Å². The highest BCUT2D eigenvalue weighted by Crippen LogP contribution is 2.33. The Bertz CT molecular complexity index is 1600. The summed E-state index contributed by atoms with van der Waals surface area (Å²) in [6, 6.07) is 16.0. The molecule has 41 heavy (non-hydrogen) atoms. The van der Waals surface area contributed by atoms with Crippen LogP contribution in [0.25, 0.3) is 11.0 Å². The quantitative estimate of drug-likeness (QED) is 0.265. The van der Waals surface area contributed by atoms with Gasteiger partial charge in [-0.2, -0.15) is 0 Å². The third-order valence-corrected chi connectivity index (χ3v) is 9.92. The van der Waals surface area contributed by atoms with E-state index in [9.17, 15) is 18.0 Å². The van der Waals surface area contributed by atoms with Gasteiger partial charge in [0.25, 0.3) is 0 Å². The molecule has 0 radical (unpaired) electrons. The van der Waals surface area contributed by atoms with Crippen molar-refractivity contribution in [1.82, 2.24) is 25.0 Å². The molecule has 1 aliphatic rings. The van der Waals surface area contributed by atoms with E-state index in [1.54, 1.807) is 19.1 Å². The minimum Gasteiger partial charge on any atom is -0.351 e. The number of nitrogens with zero attached hydrogens (tertiary/aromatic N) is 4. The molecule has 0 spiro atoms. The molecule has 1 saturated carbocycles. The van der Waals surface area contributed by atoms with Crippen LogP contribution in [0.4, 0.5) is 5.69 Å². The fourth-order valence-corrected chi connectivity index (χ4v) is 7.19. The Balaban J connectivity index is 1.53. The number of carbonyl (C=O) groups excluding carboxylic acids is 2. The summed E-state index contributed by atoms with van der Waals surface area (Å²) >= 11 is 1.39. The average Bonchev–Trinajstić information content (AvgIpc) is 3.75. The Kier molecular flexibility index (Phi) is 8.81. The standard InChI is InChI=1S/C29H34N6O4S2/c1-3-20(2)32-41(38,39)23-16-14-22(15-17-23)35(27(36)19-34-25-12-7-6-11-24(25)31-33-34)28(26-13-8-18-40-26)29(37)30-21-9-4-5-10-21/h6-8,11-18,20-21,28,32H,3-5,9-10,19H2,1-2H3,(H,30,37)/t20-,28-/m1/s1. The molecule has 2 aromatic heterocycles. The second kappa shape index (κ2) is 12.5. The zero-order valence-electron chi connectivity index (χ0n) is 23.1. The van der Waals surface area contributed by atoms with Gasteiger partial charge in [0.15, 0.2) is 0 Å². The number of sulfonamides is 1. The molecule has 2 amide bonds. The first kappa shape index (κ1) is 28.9. The molecule has 0 bridgehead atoms. The van der Waals surface area contributed by atoms with Crippen LogP contribution >= 0.6 is 11.3 Å². The Morgan fingerprint density at radius 1 is 1.07 bits per heavy atom. The van der Waals surface area contributed by atoms with Gasteiger partial charge in [0, 0.05) is 22.6 Å². The third kappa shape index (κ3) is 6.50. The first-order valence-corrected chi connectivity index (χ1v) is 16.2. The monoisotopic (exact) mass is 594 g/mol. The molecule has 12 heteroatoms. The molecule has 0 saturated heterocycles. The van der Waals surface area contributed by atoms with E-state index in [0.717, 1.165) is 25.7 Å². The summed E-state index contributed by atoms with van der Waals surface area (Å²) in [5.74, 6) is -0.653. The maximum absolute atomic E-state index is 14.1. The van der Waals surface area contributed by atoms with Crippen LogP contribution in [0.3, 0.4) is 0 Å². The molecule has 1 aliphatic carbocycles. The number of benzene rings is 2. The number of hydrogen-bond donors (Lipinski definition) is 2. The van der Waals surface area contributed by atoms with Gasteiger partial charge in [-0.1, -0.05) is 43.2 Å². The van der Waals surface area contributed by atoms with Gasteiger partial charge in [-0.05, 0) is 74.0 Å².